The second kappa shape index (κ2) is 10.4. The predicted molar refractivity (Wildman–Crippen MR) is 120 cm³/mol. The van der Waals surface area contributed by atoms with E-state index >= 15 is 0 Å². The molecule has 2 amide bonds. The first-order valence-electron chi connectivity index (χ1n) is 10.2. The van der Waals surface area contributed by atoms with Crippen LogP contribution in [0.5, 0.6) is 0 Å². The smallest absolute Gasteiger partial charge is 0.255 e. The predicted octanol–water partition coefficient (Wildman–Crippen LogP) is 2.64. The molecule has 166 valence electrons. The first-order valence-corrected chi connectivity index (χ1v) is 11.8. The zero-order chi connectivity index (χ0) is 22.3. The van der Waals surface area contributed by atoms with E-state index in [4.69, 9.17) is 4.74 Å². The van der Waals surface area contributed by atoms with Crippen molar-refractivity contribution >= 4 is 33.2 Å². The van der Waals surface area contributed by atoms with Crippen LogP contribution in [-0.4, -0.2) is 52.8 Å². The number of carbonyl (C=O) groups excluding carboxylic acids is 2. The van der Waals surface area contributed by atoms with Crippen molar-refractivity contribution in [1.82, 2.24) is 5.32 Å². The Labute approximate surface area is 182 Å². The number of anilines is 2. The van der Waals surface area contributed by atoms with E-state index in [2.05, 4.69) is 10.6 Å². The zero-order valence-electron chi connectivity index (χ0n) is 17.5. The summed E-state index contributed by atoms with van der Waals surface area (Å²) in [5.74, 6) is -0.605. The number of rotatable bonds is 8. The van der Waals surface area contributed by atoms with Gasteiger partial charge in [0.25, 0.3) is 11.8 Å². The van der Waals surface area contributed by atoms with E-state index in [9.17, 15) is 18.0 Å². The summed E-state index contributed by atoms with van der Waals surface area (Å²) in [6.45, 7) is 1.41. The zero-order valence-corrected chi connectivity index (χ0v) is 18.3. The molecule has 0 saturated carbocycles. The summed E-state index contributed by atoms with van der Waals surface area (Å²) in [4.78, 5) is 25.4. The molecule has 0 aromatic heterocycles. The second-order valence-corrected chi connectivity index (χ2v) is 9.26. The van der Waals surface area contributed by atoms with E-state index in [-0.39, 0.29) is 11.7 Å². The lowest BCUT2D eigenvalue weighted by atomic mass is 10.1. The second-order valence-electron chi connectivity index (χ2n) is 7.25. The molecular weight excluding hydrogens is 418 g/mol. The number of nitrogens with one attached hydrogen (secondary N) is 2. The molecule has 1 heterocycles. The van der Waals surface area contributed by atoms with Crippen LogP contribution in [0, 0.1) is 0 Å². The first kappa shape index (κ1) is 22.8. The minimum absolute atomic E-state index is 0.107. The fourth-order valence-corrected chi connectivity index (χ4v) is 5.01. The maximum atomic E-state index is 12.9. The lowest BCUT2D eigenvalue weighted by Crippen LogP contribution is -2.37. The fourth-order valence-electron chi connectivity index (χ4n) is 3.38. The molecule has 1 aliphatic rings. The van der Waals surface area contributed by atoms with Crippen molar-refractivity contribution in [3.63, 3.8) is 0 Å². The van der Waals surface area contributed by atoms with E-state index in [1.807, 2.05) is 0 Å². The number of hydrogen-bond donors (Lipinski definition) is 2. The SMILES string of the molecule is COCCCNC(=O)c1ccccc1NC(=O)c1cccc(N2CCCCS2(=O)=O)c1. The molecule has 3 rings (SSSR count). The normalized spacial score (nSPS) is 15.3. The maximum absolute atomic E-state index is 12.9. The first-order chi connectivity index (χ1) is 14.9. The van der Waals surface area contributed by atoms with Crippen LogP contribution in [0.15, 0.2) is 48.5 Å². The highest BCUT2D eigenvalue weighted by Gasteiger charge is 2.26. The van der Waals surface area contributed by atoms with Gasteiger partial charge in [0.05, 0.1) is 22.7 Å². The molecule has 8 nitrogen and oxygen atoms in total. The van der Waals surface area contributed by atoms with Gasteiger partial charge >= 0.3 is 0 Å². The van der Waals surface area contributed by atoms with E-state index in [1.165, 1.54) is 4.31 Å². The van der Waals surface area contributed by atoms with Gasteiger partial charge in [0.2, 0.25) is 10.0 Å². The van der Waals surface area contributed by atoms with Gasteiger partial charge in [0, 0.05) is 32.4 Å². The average molecular weight is 446 g/mol. The van der Waals surface area contributed by atoms with E-state index in [0.29, 0.717) is 55.0 Å². The van der Waals surface area contributed by atoms with Gasteiger partial charge in [0.15, 0.2) is 0 Å². The van der Waals surface area contributed by atoms with Crippen LogP contribution in [0.2, 0.25) is 0 Å². The van der Waals surface area contributed by atoms with Crippen LogP contribution in [0.3, 0.4) is 0 Å². The number of carbonyl (C=O) groups is 2. The molecule has 0 spiro atoms. The molecule has 2 N–H and O–H groups in total. The maximum Gasteiger partial charge on any atom is 0.255 e. The Morgan fingerprint density at radius 1 is 1.06 bits per heavy atom. The van der Waals surface area contributed by atoms with Gasteiger partial charge in [-0.15, -0.1) is 0 Å². The molecule has 0 unspecified atom stereocenters. The number of methoxy groups -OCH3 is 1. The molecule has 1 fully saturated rings. The minimum atomic E-state index is -3.37. The Hall–Kier alpha value is -2.91. The Kier molecular flexibility index (Phi) is 7.64. The lowest BCUT2D eigenvalue weighted by Gasteiger charge is -2.28. The van der Waals surface area contributed by atoms with Crippen molar-refractivity contribution in [1.29, 1.82) is 0 Å². The van der Waals surface area contributed by atoms with Gasteiger partial charge in [-0.25, -0.2) is 8.42 Å². The highest BCUT2D eigenvalue weighted by molar-refractivity contribution is 7.92. The van der Waals surface area contributed by atoms with E-state index in [1.54, 1.807) is 55.6 Å². The van der Waals surface area contributed by atoms with Gasteiger partial charge in [-0.05, 0) is 49.6 Å². The quantitative estimate of drug-likeness (QED) is 0.608. The molecule has 1 saturated heterocycles. The number of amides is 2. The Morgan fingerprint density at radius 3 is 2.65 bits per heavy atom. The third kappa shape index (κ3) is 5.83. The summed E-state index contributed by atoms with van der Waals surface area (Å²) >= 11 is 0. The largest absolute Gasteiger partial charge is 0.385 e. The van der Waals surface area contributed by atoms with Gasteiger partial charge in [0.1, 0.15) is 0 Å². The van der Waals surface area contributed by atoms with Crippen LogP contribution in [0.4, 0.5) is 11.4 Å². The number of nitrogens with zero attached hydrogens (tertiary/aromatic N) is 1. The number of para-hydroxylation sites is 1. The van der Waals surface area contributed by atoms with Crippen molar-refractivity contribution in [3.05, 3.63) is 59.7 Å². The standard InChI is InChI=1S/C22H27N3O5S/c1-30-14-7-12-23-22(27)19-10-2-3-11-20(19)24-21(26)17-8-6-9-18(16-17)25-13-4-5-15-31(25,28)29/h2-3,6,8-11,16H,4-5,7,12-15H2,1H3,(H,23,27)(H,24,26). The van der Waals surface area contributed by atoms with Gasteiger partial charge in [-0.1, -0.05) is 18.2 Å². The summed E-state index contributed by atoms with van der Waals surface area (Å²) in [7, 11) is -1.77. The fraction of sp³-hybridized carbons (Fsp3) is 0.364. The van der Waals surface area contributed by atoms with Crippen molar-refractivity contribution in [2.45, 2.75) is 19.3 Å². The highest BCUT2D eigenvalue weighted by Crippen LogP contribution is 2.25. The molecule has 2 aromatic rings. The van der Waals surface area contributed by atoms with Crippen molar-refractivity contribution < 1.29 is 22.7 Å². The van der Waals surface area contributed by atoms with E-state index < -0.39 is 15.9 Å². The molecule has 31 heavy (non-hydrogen) atoms. The molecule has 2 aromatic carbocycles. The molecule has 0 aliphatic carbocycles. The Balaban J connectivity index is 1.75. The van der Waals surface area contributed by atoms with Crippen molar-refractivity contribution in [2.24, 2.45) is 0 Å². The highest BCUT2D eigenvalue weighted by atomic mass is 32.2. The molecule has 1 aliphatic heterocycles. The molecule has 0 radical (unpaired) electrons. The van der Waals surface area contributed by atoms with Crippen LogP contribution in [0.1, 0.15) is 40.0 Å². The third-order valence-electron chi connectivity index (χ3n) is 4.98. The molecule has 0 bridgehead atoms. The summed E-state index contributed by atoms with van der Waals surface area (Å²) in [5.41, 5.74) is 1.51. The number of hydrogen-bond acceptors (Lipinski definition) is 5. The topological polar surface area (TPSA) is 105 Å². The van der Waals surface area contributed by atoms with Crippen molar-refractivity contribution in [2.75, 3.05) is 42.2 Å². The van der Waals surface area contributed by atoms with Crippen LogP contribution < -0.4 is 14.9 Å². The molecule has 9 heteroatoms. The van der Waals surface area contributed by atoms with Crippen LogP contribution >= 0.6 is 0 Å². The Bertz CT molecular complexity index is 1040. The van der Waals surface area contributed by atoms with Gasteiger partial charge < -0.3 is 15.4 Å². The van der Waals surface area contributed by atoms with Gasteiger partial charge in [-0.3, -0.25) is 13.9 Å². The molecule has 0 atom stereocenters. The number of sulfonamides is 1. The average Bonchev–Trinajstić information content (AvgIpc) is 2.76. The minimum Gasteiger partial charge on any atom is -0.385 e. The number of ether oxygens (including phenoxy) is 1. The summed E-state index contributed by atoms with van der Waals surface area (Å²) < 4.78 is 31.1. The van der Waals surface area contributed by atoms with Crippen LogP contribution in [-0.2, 0) is 14.8 Å². The van der Waals surface area contributed by atoms with Crippen LogP contribution in [0.25, 0.3) is 0 Å². The molecular formula is C22H27N3O5S. The summed E-state index contributed by atoms with van der Waals surface area (Å²) in [6, 6.07) is 13.3. The van der Waals surface area contributed by atoms with Gasteiger partial charge in [-0.2, -0.15) is 0 Å². The van der Waals surface area contributed by atoms with E-state index in [0.717, 1.165) is 6.42 Å². The Morgan fingerprint density at radius 2 is 1.87 bits per heavy atom. The monoisotopic (exact) mass is 445 g/mol. The summed E-state index contributed by atoms with van der Waals surface area (Å²) in [5, 5.41) is 5.57. The van der Waals surface area contributed by atoms with Crippen molar-refractivity contribution in [3.8, 4) is 0 Å². The number of benzene rings is 2. The summed E-state index contributed by atoms with van der Waals surface area (Å²) in [6.07, 6.45) is 2.11. The lowest BCUT2D eigenvalue weighted by molar-refractivity contribution is 0.0949. The third-order valence-corrected chi connectivity index (χ3v) is 6.85.